The van der Waals surface area contributed by atoms with E-state index in [0.29, 0.717) is 6.54 Å². The zero-order valence-corrected chi connectivity index (χ0v) is 19.9. The van der Waals surface area contributed by atoms with Gasteiger partial charge in [-0.25, -0.2) is 4.57 Å². The maximum absolute atomic E-state index is 11.2. The number of hydrogen-bond acceptors (Lipinski definition) is 2. The van der Waals surface area contributed by atoms with E-state index in [9.17, 15) is 10.1 Å². The van der Waals surface area contributed by atoms with Crippen LogP contribution in [0.2, 0.25) is 0 Å². The lowest BCUT2D eigenvalue weighted by Crippen LogP contribution is -2.33. The van der Waals surface area contributed by atoms with Crippen LogP contribution in [0, 0.1) is 10.1 Å². The highest BCUT2D eigenvalue weighted by Gasteiger charge is 2.21. The summed E-state index contributed by atoms with van der Waals surface area (Å²) in [6.45, 7) is 0.691. The molecule has 0 unspecified atom stereocenters. The highest BCUT2D eigenvalue weighted by atomic mass is 16.6. The predicted molar refractivity (Wildman–Crippen MR) is 148 cm³/mol. The van der Waals surface area contributed by atoms with Crippen molar-refractivity contribution in [3.63, 3.8) is 0 Å². The Morgan fingerprint density at radius 1 is 0.676 bits per heavy atom. The van der Waals surface area contributed by atoms with Gasteiger partial charge in [0, 0.05) is 17.7 Å². The third kappa shape index (κ3) is 3.52. The van der Waals surface area contributed by atoms with Crippen molar-refractivity contribution in [2.75, 3.05) is 0 Å². The molecule has 0 spiro atoms. The normalized spacial score (nSPS) is 11.6. The first-order valence-corrected chi connectivity index (χ1v) is 12.2. The molecule has 0 aliphatic carbocycles. The van der Waals surface area contributed by atoms with Gasteiger partial charge in [-0.1, -0.05) is 72.8 Å². The van der Waals surface area contributed by atoms with Gasteiger partial charge < -0.3 is 0 Å². The molecule has 0 bridgehead atoms. The van der Waals surface area contributed by atoms with Crippen molar-refractivity contribution < 1.29 is 9.49 Å². The molecule has 0 aliphatic heterocycles. The van der Waals surface area contributed by atoms with Crippen molar-refractivity contribution in [3.05, 3.63) is 137 Å². The number of non-ortho nitro benzene ring substituents is 1. The van der Waals surface area contributed by atoms with E-state index in [0.717, 1.165) is 22.1 Å². The summed E-state index contributed by atoms with van der Waals surface area (Å²) >= 11 is 0. The molecule has 0 saturated carbocycles. The predicted octanol–water partition coefficient (Wildman–Crippen LogP) is 7.33. The summed E-state index contributed by atoms with van der Waals surface area (Å²) in [6.07, 6.45) is 2.11. The molecule has 1 heterocycles. The van der Waals surface area contributed by atoms with E-state index in [1.165, 1.54) is 32.5 Å². The molecule has 6 aromatic carbocycles. The van der Waals surface area contributed by atoms with Gasteiger partial charge in [-0.2, -0.15) is 4.57 Å². The molecule has 5 nitrogen and oxygen atoms in total. The Morgan fingerprint density at radius 2 is 1.24 bits per heavy atom. The first-order chi connectivity index (χ1) is 18.2. The van der Waals surface area contributed by atoms with Gasteiger partial charge in [-0.3, -0.25) is 10.1 Å². The van der Waals surface area contributed by atoms with Crippen LogP contribution in [0.3, 0.4) is 0 Å². The van der Waals surface area contributed by atoms with Crippen LogP contribution >= 0.6 is 0 Å². The molecule has 0 N–H and O–H groups in total. The minimum absolute atomic E-state index is 0.0840. The molecule has 176 valence electrons. The average molecular weight is 481 g/mol. The lowest BCUT2D eigenvalue weighted by Gasteiger charge is -2.10. The fraction of sp³-hybridized carbons (Fsp3) is 0.0312. The van der Waals surface area contributed by atoms with E-state index in [2.05, 4.69) is 100 Å². The van der Waals surface area contributed by atoms with Gasteiger partial charge in [0.1, 0.15) is 12.2 Å². The van der Waals surface area contributed by atoms with Gasteiger partial charge in [0.25, 0.3) is 5.69 Å². The second-order valence-electron chi connectivity index (χ2n) is 9.37. The van der Waals surface area contributed by atoms with Crippen molar-refractivity contribution in [2.24, 2.45) is 0 Å². The zero-order chi connectivity index (χ0) is 24.9. The molecule has 37 heavy (non-hydrogen) atoms. The largest absolute Gasteiger partial charge is 0.269 e. The molecule has 0 aliphatic rings. The monoisotopic (exact) mass is 480 g/mol. The summed E-state index contributed by atoms with van der Waals surface area (Å²) < 4.78 is 4.41. The van der Waals surface area contributed by atoms with E-state index >= 15 is 0 Å². The summed E-state index contributed by atoms with van der Waals surface area (Å²) in [5, 5.41) is 18.5. The zero-order valence-electron chi connectivity index (χ0n) is 19.9. The summed E-state index contributed by atoms with van der Waals surface area (Å²) in [6, 6.07) is 38.9. The van der Waals surface area contributed by atoms with Crippen molar-refractivity contribution in [2.45, 2.75) is 6.54 Å². The first kappa shape index (κ1) is 21.3. The average Bonchev–Trinajstić information content (AvgIpc) is 3.28. The van der Waals surface area contributed by atoms with E-state index in [1.54, 1.807) is 12.1 Å². The maximum atomic E-state index is 11.2. The number of rotatable bonds is 4. The Labute approximate surface area is 212 Å². The smallest absolute Gasteiger partial charge is 0.258 e. The summed E-state index contributed by atoms with van der Waals surface area (Å²) in [5.41, 5.74) is 4.40. The third-order valence-electron chi connectivity index (χ3n) is 7.22. The molecular weight excluding hydrogens is 458 g/mol. The lowest BCUT2D eigenvalue weighted by atomic mass is 9.96. The Kier molecular flexibility index (Phi) is 4.76. The van der Waals surface area contributed by atoms with Gasteiger partial charge in [0.15, 0.2) is 11.0 Å². The SMILES string of the molecule is O=[N+]([O-])c1ccc(-n2c[n+](Cc3c4ccccc4cc4ccccc34)c3cc4ccccc4cc32)cc1. The number of imidazole rings is 1. The van der Waals surface area contributed by atoms with Crippen molar-refractivity contribution in [3.8, 4) is 5.69 Å². The fourth-order valence-corrected chi connectivity index (χ4v) is 5.42. The molecular formula is C32H22N3O2+. The maximum Gasteiger partial charge on any atom is 0.269 e. The number of aromatic nitrogens is 2. The second kappa shape index (κ2) is 8.28. The van der Waals surface area contributed by atoms with Gasteiger partial charge in [-0.05, 0) is 62.6 Å². The molecule has 0 radical (unpaired) electrons. The van der Waals surface area contributed by atoms with Crippen LogP contribution in [0.1, 0.15) is 5.56 Å². The highest BCUT2D eigenvalue weighted by Crippen LogP contribution is 2.30. The molecule has 7 rings (SSSR count). The summed E-state index contributed by atoms with van der Waals surface area (Å²) in [4.78, 5) is 10.9. The topological polar surface area (TPSA) is 52.0 Å². The standard InChI is InChI=1S/C32H22N3O2/c36-35(37)27-15-13-26(14-16-27)34-21-33(31-18-22-7-1-2-8-23(22)19-32(31)34)20-30-28-11-5-3-9-24(28)17-25-10-4-6-12-29(25)30/h1-19,21H,20H2/q+1. The minimum Gasteiger partial charge on any atom is -0.258 e. The van der Waals surface area contributed by atoms with Crippen LogP contribution in [0.4, 0.5) is 5.69 Å². The Bertz CT molecular complexity index is 1930. The highest BCUT2D eigenvalue weighted by molar-refractivity contribution is 6.02. The molecule has 5 heteroatoms. The molecule has 0 saturated heterocycles. The molecule has 1 aromatic heterocycles. The molecule has 0 atom stereocenters. The van der Waals surface area contributed by atoms with E-state index < -0.39 is 0 Å². The summed E-state index contributed by atoms with van der Waals surface area (Å²) in [5.74, 6) is 0. The van der Waals surface area contributed by atoms with E-state index in [1.807, 2.05) is 18.2 Å². The number of hydrogen-bond donors (Lipinski definition) is 0. The van der Waals surface area contributed by atoms with E-state index in [4.69, 9.17) is 0 Å². The number of nitro benzene ring substituents is 1. The Balaban J connectivity index is 1.49. The van der Waals surface area contributed by atoms with Crippen LogP contribution in [0.15, 0.2) is 122 Å². The number of nitro groups is 1. The third-order valence-corrected chi connectivity index (χ3v) is 7.22. The van der Waals surface area contributed by atoms with Crippen LogP contribution in [0.5, 0.6) is 0 Å². The van der Waals surface area contributed by atoms with Crippen molar-refractivity contribution >= 4 is 49.0 Å². The Hall–Kier alpha value is -5.03. The van der Waals surface area contributed by atoms with Gasteiger partial charge >= 0.3 is 0 Å². The van der Waals surface area contributed by atoms with Crippen molar-refractivity contribution in [1.82, 2.24) is 4.57 Å². The number of fused-ring (bicyclic) bond motifs is 4. The minimum atomic E-state index is -0.364. The molecule has 7 aromatic rings. The molecule has 0 fully saturated rings. The van der Waals surface area contributed by atoms with Crippen LogP contribution in [-0.4, -0.2) is 9.49 Å². The van der Waals surface area contributed by atoms with Crippen LogP contribution in [0.25, 0.3) is 49.0 Å². The second-order valence-corrected chi connectivity index (χ2v) is 9.37. The van der Waals surface area contributed by atoms with Gasteiger partial charge in [-0.15, -0.1) is 0 Å². The molecule has 0 amide bonds. The van der Waals surface area contributed by atoms with Gasteiger partial charge in [0.05, 0.1) is 4.92 Å². The lowest BCUT2D eigenvalue weighted by molar-refractivity contribution is -0.662. The van der Waals surface area contributed by atoms with Crippen LogP contribution in [-0.2, 0) is 6.54 Å². The van der Waals surface area contributed by atoms with E-state index in [-0.39, 0.29) is 10.6 Å². The van der Waals surface area contributed by atoms with Crippen molar-refractivity contribution in [1.29, 1.82) is 0 Å². The quantitative estimate of drug-likeness (QED) is 0.115. The van der Waals surface area contributed by atoms with Crippen LogP contribution < -0.4 is 4.57 Å². The number of nitrogens with zero attached hydrogens (tertiary/aromatic N) is 3. The van der Waals surface area contributed by atoms with Gasteiger partial charge in [0.2, 0.25) is 6.33 Å². The summed E-state index contributed by atoms with van der Waals surface area (Å²) in [7, 11) is 0. The Morgan fingerprint density at radius 3 is 1.86 bits per heavy atom. The first-order valence-electron chi connectivity index (χ1n) is 12.2. The fourth-order valence-electron chi connectivity index (χ4n) is 5.42. The number of benzene rings is 6.